The van der Waals surface area contributed by atoms with Gasteiger partial charge in [0, 0.05) is 0 Å². The van der Waals surface area contributed by atoms with Crippen LogP contribution in [0.1, 0.15) is 0 Å². The van der Waals surface area contributed by atoms with Gasteiger partial charge in [0.1, 0.15) is 5.49 Å². The van der Waals surface area contributed by atoms with Crippen molar-refractivity contribution in [2.24, 2.45) is 5.73 Å². The van der Waals surface area contributed by atoms with Gasteiger partial charge in [-0.05, 0) is 0 Å². The van der Waals surface area contributed by atoms with Crippen LogP contribution in [0.15, 0.2) is 0 Å². The number of nitrogens with two attached hydrogens (primary N) is 1. The molecule has 0 saturated heterocycles. The topological polar surface area (TPSA) is 61.0 Å². The van der Waals surface area contributed by atoms with Gasteiger partial charge in [-0.2, -0.15) is 0 Å². The average Bonchev–Trinajstić information content (AvgIpc) is 0.918. The van der Waals surface area contributed by atoms with Crippen molar-refractivity contribution in [1.82, 2.24) is 6.15 Å². The number of rotatable bonds is 0. The molecule has 0 spiro atoms. The third-order valence-corrected chi connectivity index (χ3v) is 0. The van der Waals surface area contributed by atoms with E-state index in [0.29, 0.717) is 0 Å². The Morgan fingerprint density at radius 3 is 1.75 bits per heavy atom. The summed E-state index contributed by atoms with van der Waals surface area (Å²) < 4.78 is 0. The van der Waals surface area contributed by atoms with Crippen molar-refractivity contribution in [3.63, 3.8) is 0 Å². The Morgan fingerprint density at radius 1 is 1.75 bits per heavy atom. The maximum absolute atomic E-state index is 4.41. The van der Waals surface area contributed by atoms with Gasteiger partial charge in [-0.3, -0.25) is 0 Å². The first kappa shape index (κ1) is 9.14. The van der Waals surface area contributed by atoms with Crippen LogP contribution >= 0.6 is 12.2 Å². The van der Waals surface area contributed by atoms with Crippen LogP contribution in [0.5, 0.6) is 0 Å². The normalized spacial score (nSPS) is 3.00. The molecule has 0 aliphatic heterocycles. The lowest BCUT2D eigenvalue weighted by Gasteiger charge is -1.33. The summed E-state index contributed by atoms with van der Waals surface area (Å²) >= 11 is 3.92. The van der Waals surface area contributed by atoms with Crippen molar-refractivity contribution in [2.75, 3.05) is 0 Å². The lowest BCUT2D eigenvalue weighted by atomic mass is 11.6. The average molecular weight is 77.1 g/mol. The second-order valence-electron chi connectivity index (χ2n) is 0.118. The van der Waals surface area contributed by atoms with Gasteiger partial charge >= 0.3 is 0 Å². The number of hydrogen-bond donors (Lipinski definition) is 2. The molecule has 3 heteroatoms. The molecule has 0 aliphatic carbocycles. The lowest BCUT2D eigenvalue weighted by molar-refractivity contribution is 1.93. The first-order chi connectivity index (χ1) is 1.41. The standard InChI is InChI=1S/CH2NS.H3N/c2-1-3;/h(H2,2,3);1H3. The molecule has 0 aliphatic rings. The molecule has 0 rings (SSSR count). The molecule has 1 radical (unpaired) electrons. The highest BCUT2D eigenvalue weighted by atomic mass is 32.1. The van der Waals surface area contributed by atoms with Gasteiger partial charge in [0.15, 0.2) is 0 Å². The fourth-order valence-electron chi connectivity index (χ4n) is 0. The monoisotopic (exact) mass is 77.0 g/mol. The Kier molecular flexibility index (Phi) is 30.8. The fourth-order valence-corrected chi connectivity index (χ4v) is 0. The Bertz CT molecular complexity index is 13.5. The second kappa shape index (κ2) is 13.5. The minimum Gasteiger partial charge on any atom is -0.388 e. The van der Waals surface area contributed by atoms with Crippen LogP contribution in [-0.2, 0) is 0 Å². The van der Waals surface area contributed by atoms with Crippen LogP contribution in [0.25, 0.3) is 0 Å². The van der Waals surface area contributed by atoms with Crippen molar-refractivity contribution in [1.29, 1.82) is 0 Å². The molecule has 0 aromatic carbocycles. The molecule has 0 aromatic rings. The molecule has 5 N–H and O–H groups in total. The van der Waals surface area contributed by atoms with E-state index in [1.807, 2.05) is 5.49 Å². The lowest BCUT2D eigenvalue weighted by Crippen LogP contribution is -1.79. The highest BCUT2D eigenvalue weighted by molar-refractivity contribution is 7.78. The summed E-state index contributed by atoms with van der Waals surface area (Å²) in [5.41, 5.74) is 6.25. The molecule has 0 saturated carbocycles. The van der Waals surface area contributed by atoms with Gasteiger partial charge in [0.25, 0.3) is 0 Å². The molecule has 0 aromatic heterocycles. The first-order valence-corrected chi connectivity index (χ1v) is 0.901. The molecule has 0 amide bonds. The van der Waals surface area contributed by atoms with E-state index in [-0.39, 0.29) is 6.15 Å². The van der Waals surface area contributed by atoms with Gasteiger partial charge in [-0.25, -0.2) is 0 Å². The zero-order valence-electron chi connectivity index (χ0n) is 2.19. The van der Waals surface area contributed by atoms with E-state index in [9.17, 15) is 0 Å². The minimum absolute atomic E-state index is 0. The molecule has 4 heavy (non-hydrogen) atoms. The molecular weight excluding hydrogens is 72.1 g/mol. The van der Waals surface area contributed by atoms with Crippen molar-refractivity contribution in [3.05, 3.63) is 0 Å². The third kappa shape index (κ3) is 59.4. The molecule has 0 unspecified atom stereocenters. The van der Waals surface area contributed by atoms with Gasteiger partial charge in [-0.15, -0.1) is 0 Å². The zero-order valence-corrected chi connectivity index (χ0v) is 3.01. The highest BCUT2D eigenvalue weighted by Gasteiger charge is 1.18. The Hall–Kier alpha value is -0.150. The fraction of sp³-hybridized carbons (Fsp3) is 0. The Morgan fingerprint density at radius 2 is 1.75 bits per heavy atom. The number of thiocarbonyl (C=S) groups is 1. The molecule has 0 atom stereocenters. The highest BCUT2D eigenvalue weighted by Crippen LogP contribution is 1.16. The Balaban J connectivity index is 0. The van der Waals surface area contributed by atoms with E-state index in [4.69, 9.17) is 0 Å². The van der Waals surface area contributed by atoms with Crippen molar-refractivity contribution < 1.29 is 0 Å². The van der Waals surface area contributed by atoms with Gasteiger partial charge in [-0.1, -0.05) is 12.2 Å². The van der Waals surface area contributed by atoms with E-state index >= 15 is 0 Å². The van der Waals surface area contributed by atoms with Crippen LogP contribution < -0.4 is 11.9 Å². The minimum atomic E-state index is 0. The summed E-state index contributed by atoms with van der Waals surface area (Å²) in [5.74, 6) is 0. The molecule has 0 fully saturated rings. The summed E-state index contributed by atoms with van der Waals surface area (Å²) in [5, 5.41) is 0. The zero-order chi connectivity index (χ0) is 2.71. The van der Waals surface area contributed by atoms with Gasteiger partial charge in [0.2, 0.25) is 0 Å². The van der Waals surface area contributed by atoms with Crippen molar-refractivity contribution >= 4 is 17.7 Å². The maximum atomic E-state index is 4.41. The van der Waals surface area contributed by atoms with Crippen LogP contribution in [0, 0.1) is 0 Å². The van der Waals surface area contributed by atoms with Crippen LogP contribution in [0.4, 0.5) is 0 Å². The van der Waals surface area contributed by atoms with E-state index in [0.717, 1.165) is 0 Å². The second-order valence-corrected chi connectivity index (χ2v) is 0.354. The summed E-state index contributed by atoms with van der Waals surface area (Å²) in [7, 11) is 0. The summed E-state index contributed by atoms with van der Waals surface area (Å²) in [6.07, 6.45) is 0. The smallest absolute Gasteiger partial charge is 0.131 e. The van der Waals surface area contributed by atoms with Gasteiger partial charge in [0.05, 0.1) is 0 Å². The number of hydrogen-bond acceptors (Lipinski definition) is 2. The molecule has 0 bridgehead atoms. The molecular formula is CH5N2S. The molecule has 2 nitrogen and oxygen atoms in total. The predicted octanol–water partition coefficient (Wildman–Crippen LogP) is -0.0587. The van der Waals surface area contributed by atoms with E-state index < -0.39 is 0 Å². The maximum Gasteiger partial charge on any atom is 0.131 e. The summed E-state index contributed by atoms with van der Waals surface area (Å²) in [4.78, 5) is 0. The van der Waals surface area contributed by atoms with Crippen LogP contribution in [-0.4, -0.2) is 5.49 Å². The van der Waals surface area contributed by atoms with Crippen LogP contribution in [0.2, 0.25) is 0 Å². The van der Waals surface area contributed by atoms with Crippen molar-refractivity contribution in [3.8, 4) is 0 Å². The van der Waals surface area contributed by atoms with E-state index in [1.54, 1.807) is 0 Å². The first-order valence-electron chi connectivity index (χ1n) is 0.493. The van der Waals surface area contributed by atoms with Gasteiger partial charge < -0.3 is 11.9 Å². The summed E-state index contributed by atoms with van der Waals surface area (Å²) in [6.45, 7) is 0. The van der Waals surface area contributed by atoms with E-state index in [1.165, 1.54) is 0 Å². The quantitative estimate of drug-likeness (QED) is 0.314. The van der Waals surface area contributed by atoms with Crippen LogP contribution in [0.3, 0.4) is 0 Å². The Labute approximate surface area is 30.6 Å². The third-order valence-electron chi connectivity index (χ3n) is 0. The summed E-state index contributed by atoms with van der Waals surface area (Å²) in [6, 6.07) is 0. The predicted molar refractivity (Wildman–Crippen MR) is 21.8 cm³/mol. The van der Waals surface area contributed by atoms with Crippen molar-refractivity contribution in [2.45, 2.75) is 0 Å². The van der Waals surface area contributed by atoms with E-state index in [2.05, 4.69) is 18.0 Å². The molecule has 0 heterocycles. The largest absolute Gasteiger partial charge is 0.388 e. The molecule has 25 valence electrons. The SMILES string of the molecule is N.N[C]=S.